The molecule has 112 valence electrons. The van der Waals surface area contributed by atoms with Crippen LogP contribution in [0.25, 0.3) is 0 Å². The van der Waals surface area contributed by atoms with Crippen molar-refractivity contribution in [1.82, 2.24) is 10.2 Å². The Bertz CT molecular complexity index is 274. The lowest BCUT2D eigenvalue weighted by Crippen LogP contribution is -2.47. The summed E-state index contributed by atoms with van der Waals surface area (Å²) in [6, 6.07) is 1.66. The minimum Gasteiger partial charge on any atom is -0.313 e. The van der Waals surface area contributed by atoms with Crippen LogP contribution in [0.2, 0.25) is 0 Å². The van der Waals surface area contributed by atoms with Crippen molar-refractivity contribution in [3.05, 3.63) is 0 Å². The van der Waals surface area contributed by atoms with Gasteiger partial charge in [-0.1, -0.05) is 33.6 Å². The molecular formula is C17H34N2. The van der Waals surface area contributed by atoms with E-state index in [9.17, 15) is 0 Å². The van der Waals surface area contributed by atoms with Crippen LogP contribution in [0, 0.1) is 11.3 Å². The smallest absolute Gasteiger partial charge is 0.0118 e. The number of hydrogen-bond donors (Lipinski definition) is 1. The Morgan fingerprint density at radius 3 is 2.42 bits per heavy atom. The van der Waals surface area contributed by atoms with E-state index in [1.165, 1.54) is 58.0 Å². The number of nitrogens with one attached hydrogen (secondary N) is 1. The third-order valence-corrected chi connectivity index (χ3v) is 5.51. The van der Waals surface area contributed by atoms with Gasteiger partial charge >= 0.3 is 0 Å². The molecule has 2 nitrogen and oxygen atoms in total. The van der Waals surface area contributed by atoms with E-state index < -0.39 is 0 Å². The molecule has 2 aliphatic carbocycles. The fourth-order valence-electron chi connectivity index (χ4n) is 3.64. The summed E-state index contributed by atoms with van der Waals surface area (Å²) in [5, 5.41) is 3.74. The third kappa shape index (κ3) is 4.46. The van der Waals surface area contributed by atoms with Crippen LogP contribution >= 0.6 is 0 Å². The molecule has 0 aromatic heterocycles. The Balaban J connectivity index is 1.84. The van der Waals surface area contributed by atoms with Crippen molar-refractivity contribution in [3.63, 3.8) is 0 Å². The summed E-state index contributed by atoms with van der Waals surface area (Å²) < 4.78 is 0. The van der Waals surface area contributed by atoms with Crippen molar-refractivity contribution >= 4 is 0 Å². The van der Waals surface area contributed by atoms with E-state index in [1.54, 1.807) is 0 Å². The minimum atomic E-state index is 0.439. The van der Waals surface area contributed by atoms with Gasteiger partial charge in [-0.05, 0) is 50.5 Å². The quantitative estimate of drug-likeness (QED) is 0.756. The molecule has 0 spiro atoms. The number of rotatable bonds is 7. The Morgan fingerprint density at radius 2 is 1.84 bits per heavy atom. The molecule has 0 aromatic rings. The first-order valence-electron chi connectivity index (χ1n) is 8.48. The van der Waals surface area contributed by atoms with Crippen LogP contribution in [-0.2, 0) is 0 Å². The molecule has 0 aromatic carbocycles. The third-order valence-electron chi connectivity index (χ3n) is 5.51. The van der Waals surface area contributed by atoms with Crippen LogP contribution in [0.1, 0.15) is 65.7 Å². The summed E-state index contributed by atoms with van der Waals surface area (Å²) in [6.07, 6.45) is 9.79. The number of nitrogens with zero attached hydrogens (tertiary/aromatic N) is 1. The van der Waals surface area contributed by atoms with Crippen molar-refractivity contribution in [2.75, 3.05) is 20.1 Å². The predicted octanol–water partition coefficient (Wildman–Crippen LogP) is 3.67. The monoisotopic (exact) mass is 266 g/mol. The van der Waals surface area contributed by atoms with Crippen LogP contribution in [0.3, 0.4) is 0 Å². The van der Waals surface area contributed by atoms with Crippen molar-refractivity contribution in [2.45, 2.75) is 77.8 Å². The molecule has 2 fully saturated rings. The van der Waals surface area contributed by atoms with Crippen molar-refractivity contribution in [3.8, 4) is 0 Å². The summed E-state index contributed by atoms with van der Waals surface area (Å²) in [5.41, 5.74) is 0.439. The van der Waals surface area contributed by atoms with E-state index in [0.717, 1.165) is 18.0 Å². The molecule has 0 heterocycles. The van der Waals surface area contributed by atoms with E-state index in [4.69, 9.17) is 0 Å². The van der Waals surface area contributed by atoms with Crippen molar-refractivity contribution in [1.29, 1.82) is 0 Å². The van der Waals surface area contributed by atoms with Gasteiger partial charge in [0.05, 0.1) is 0 Å². The Hall–Kier alpha value is -0.0800. The van der Waals surface area contributed by atoms with E-state index in [0.29, 0.717) is 5.41 Å². The Kier molecular flexibility index (Phi) is 5.30. The van der Waals surface area contributed by atoms with Crippen LogP contribution in [-0.4, -0.2) is 37.1 Å². The molecule has 3 atom stereocenters. The fraction of sp³-hybridized carbons (Fsp3) is 1.00. The first-order valence-corrected chi connectivity index (χ1v) is 8.48. The lowest BCUT2D eigenvalue weighted by molar-refractivity contribution is 0.0874. The molecule has 2 heteroatoms. The summed E-state index contributed by atoms with van der Waals surface area (Å²) in [5.74, 6) is 0.885. The topological polar surface area (TPSA) is 15.3 Å². The number of hydrogen-bond acceptors (Lipinski definition) is 2. The zero-order chi connectivity index (χ0) is 13.9. The lowest BCUT2D eigenvalue weighted by Gasteiger charge is -2.41. The van der Waals surface area contributed by atoms with Gasteiger partial charge in [0.15, 0.2) is 0 Å². The molecule has 19 heavy (non-hydrogen) atoms. The Morgan fingerprint density at radius 1 is 1.16 bits per heavy atom. The maximum Gasteiger partial charge on any atom is 0.0118 e. The Labute approximate surface area is 120 Å². The van der Waals surface area contributed by atoms with Gasteiger partial charge in [0, 0.05) is 25.2 Å². The SMILES string of the molecule is CCC(C)(CNC1CC1)CN(C)C1CCCCC1C. The lowest BCUT2D eigenvalue weighted by atomic mass is 9.82. The zero-order valence-electron chi connectivity index (χ0n) is 13.5. The molecule has 0 saturated heterocycles. The zero-order valence-corrected chi connectivity index (χ0v) is 13.5. The normalized spacial score (nSPS) is 31.4. The van der Waals surface area contributed by atoms with Crippen LogP contribution < -0.4 is 5.32 Å². The van der Waals surface area contributed by atoms with E-state index in [1.807, 2.05) is 0 Å². The molecule has 2 saturated carbocycles. The molecule has 0 bridgehead atoms. The first kappa shape index (κ1) is 15.3. The second kappa shape index (κ2) is 6.58. The summed E-state index contributed by atoms with van der Waals surface area (Å²) in [7, 11) is 2.36. The van der Waals surface area contributed by atoms with E-state index >= 15 is 0 Å². The van der Waals surface area contributed by atoms with Crippen LogP contribution in [0.4, 0.5) is 0 Å². The fourth-order valence-corrected chi connectivity index (χ4v) is 3.64. The predicted molar refractivity (Wildman–Crippen MR) is 83.5 cm³/mol. The largest absolute Gasteiger partial charge is 0.313 e. The van der Waals surface area contributed by atoms with Crippen molar-refractivity contribution < 1.29 is 0 Å². The van der Waals surface area contributed by atoms with Crippen LogP contribution in [0.5, 0.6) is 0 Å². The van der Waals surface area contributed by atoms with E-state index in [-0.39, 0.29) is 0 Å². The molecule has 2 rings (SSSR count). The van der Waals surface area contributed by atoms with Crippen LogP contribution in [0.15, 0.2) is 0 Å². The average molecular weight is 266 g/mol. The first-order chi connectivity index (χ1) is 9.04. The molecular weight excluding hydrogens is 232 g/mol. The summed E-state index contributed by atoms with van der Waals surface area (Å²) in [6.45, 7) is 9.71. The van der Waals surface area contributed by atoms with Gasteiger partial charge in [-0.3, -0.25) is 0 Å². The highest BCUT2D eigenvalue weighted by Crippen LogP contribution is 2.31. The summed E-state index contributed by atoms with van der Waals surface area (Å²) in [4.78, 5) is 2.67. The second-order valence-corrected chi connectivity index (χ2v) is 7.56. The van der Waals surface area contributed by atoms with Gasteiger partial charge in [-0.2, -0.15) is 0 Å². The highest BCUT2D eigenvalue weighted by Gasteiger charge is 2.32. The van der Waals surface area contributed by atoms with Gasteiger partial charge in [-0.25, -0.2) is 0 Å². The highest BCUT2D eigenvalue weighted by molar-refractivity contribution is 4.88. The molecule has 3 unspecified atom stereocenters. The highest BCUT2D eigenvalue weighted by atomic mass is 15.1. The molecule has 1 N–H and O–H groups in total. The van der Waals surface area contributed by atoms with Gasteiger partial charge in [0.2, 0.25) is 0 Å². The van der Waals surface area contributed by atoms with Gasteiger partial charge in [0.1, 0.15) is 0 Å². The van der Waals surface area contributed by atoms with Crippen molar-refractivity contribution in [2.24, 2.45) is 11.3 Å². The van der Waals surface area contributed by atoms with Gasteiger partial charge in [-0.15, -0.1) is 0 Å². The average Bonchev–Trinajstić information content (AvgIpc) is 3.21. The molecule has 2 aliphatic rings. The molecule has 0 aliphatic heterocycles. The second-order valence-electron chi connectivity index (χ2n) is 7.56. The van der Waals surface area contributed by atoms with E-state index in [2.05, 4.69) is 38.0 Å². The maximum absolute atomic E-state index is 3.74. The standard InChI is InChI=1S/C17H34N2/c1-5-17(3,12-18-15-10-11-15)13-19(4)16-9-7-6-8-14(16)2/h14-16,18H,5-13H2,1-4H3. The molecule has 0 amide bonds. The van der Waals surface area contributed by atoms with Gasteiger partial charge in [0.25, 0.3) is 0 Å². The maximum atomic E-state index is 3.74. The summed E-state index contributed by atoms with van der Waals surface area (Å²) >= 11 is 0. The molecule has 0 radical (unpaired) electrons. The van der Waals surface area contributed by atoms with Gasteiger partial charge < -0.3 is 10.2 Å². The minimum absolute atomic E-state index is 0.439.